The van der Waals surface area contributed by atoms with E-state index in [9.17, 15) is 13.6 Å². The molecule has 0 bridgehead atoms. The molecule has 2 fully saturated rings. The summed E-state index contributed by atoms with van der Waals surface area (Å²) in [4.78, 5) is 18.3. The molecule has 2 aromatic rings. The van der Waals surface area contributed by atoms with Gasteiger partial charge in [0.25, 0.3) is 0 Å². The summed E-state index contributed by atoms with van der Waals surface area (Å²) in [7, 11) is 0. The molecule has 4 rings (SSSR count). The summed E-state index contributed by atoms with van der Waals surface area (Å²) in [6.07, 6.45) is 1.72. The van der Waals surface area contributed by atoms with Gasteiger partial charge in [-0.25, -0.2) is 13.6 Å². The topological polar surface area (TPSA) is 73.8 Å². The number of benzene rings is 1. The summed E-state index contributed by atoms with van der Waals surface area (Å²) in [5.74, 6) is -0.662. The lowest BCUT2D eigenvalue weighted by molar-refractivity contribution is 0.122. The van der Waals surface area contributed by atoms with Crippen LogP contribution in [0.25, 0.3) is 0 Å². The van der Waals surface area contributed by atoms with Crippen molar-refractivity contribution in [1.29, 1.82) is 0 Å². The molecular formula is C19H22F2N6O2. The third-order valence-electron chi connectivity index (χ3n) is 5.07. The van der Waals surface area contributed by atoms with E-state index in [1.165, 1.54) is 6.07 Å². The number of rotatable bonds is 3. The summed E-state index contributed by atoms with van der Waals surface area (Å²) in [5, 5.41) is 10.8. The highest BCUT2D eigenvalue weighted by atomic mass is 19.1. The van der Waals surface area contributed by atoms with Crippen molar-refractivity contribution in [3.05, 3.63) is 42.1 Å². The molecule has 8 nitrogen and oxygen atoms in total. The lowest BCUT2D eigenvalue weighted by atomic mass is 10.2. The van der Waals surface area contributed by atoms with Crippen LogP contribution in [0.1, 0.15) is 0 Å². The second-order valence-corrected chi connectivity index (χ2v) is 6.90. The highest BCUT2D eigenvalue weighted by Gasteiger charge is 2.23. The number of aromatic nitrogens is 2. The molecule has 0 unspecified atom stereocenters. The zero-order chi connectivity index (χ0) is 20.2. The van der Waals surface area contributed by atoms with Gasteiger partial charge in [0, 0.05) is 51.4 Å². The number of ether oxygens (including phenoxy) is 1. The zero-order valence-electron chi connectivity index (χ0n) is 15.9. The van der Waals surface area contributed by atoms with Crippen LogP contribution in [0.15, 0.2) is 30.5 Å². The smallest absolute Gasteiger partial charge is 0.322 e. The molecule has 1 N–H and O–H groups in total. The summed E-state index contributed by atoms with van der Waals surface area (Å²) in [6, 6.07) is 4.67. The van der Waals surface area contributed by atoms with Crippen molar-refractivity contribution in [3.63, 3.8) is 0 Å². The van der Waals surface area contributed by atoms with Crippen LogP contribution >= 0.6 is 0 Å². The van der Waals surface area contributed by atoms with E-state index < -0.39 is 17.7 Å². The van der Waals surface area contributed by atoms with Crippen molar-refractivity contribution in [3.8, 4) is 0 Å². The molecule has 1 aromatic carbocycles. The number of hydrogen-bond donors (Lipinski definition) is 1. The standard InChI is InChI=1S/C19H22F2N6O2/c20-14-1-2-17(16(21)11-14)23-19(28)27-5-3-25(4-6-27)15-12-18(24-22-13-15)26-7-9-29-10-8-26/h1-2,11-13H,3-10H2,(H,23,28). The number of carbonyl (C=O) groups is 1. The molecule has 154 valence electrons. The summed E-state index contributed by atoms with van der Waals surface area (Å²) in [6.45, 7) is 5.11. The molecule has 10 heteroatoms. The van der Waals surface area contributed by atoms with Gasteiger partial charge >= 0.3 is 6.03 Å². The number of morpholine rings is 1. The SMILES string of the molecule is O=C(Nc1ccc(F)cc1F)N1CCN(c2cnnc(N3CCOCC3)c2)CC1. The zero-order valence-corrected chi connectivity index (χ0v) is 15.9. The van der Waals surface area contributed by atoms with Crippen LogP contribution in [-0.2, 0) is 4.74 Å². The van der Waals surface area contributed by atoms with E-state index in [-0.39, 0.29) is 5.69 Å². The first kappa shape index (κ1) is 19.3. The van der Waals surface area contributed by atoms with Gasteiger partial charge in [0.1, 0.15) is 11.6 Å². The summed E-state index contributed by atoms with van der Waals surface area (Å²) >= 11 is 0. The Morgan fingerprint density at radius 3 is 2.48 bits per heavy atom. The third kappa shape index (κ3) is 4.53. The highest BCUT2D eigenvalue weighted by molar-refractivity contribution is 5.89. The van der Waals surface area contributed by atoms with Gasteiger partial charge in [-0.3, -0.25) is 0 Å². The van der Waals surface area contributed by atoms with Gasteiger partial charge in [-0.05, 0) is 12.1 Å². The fourth-order valence-electron chi connectivity index (χ4n) is 3.42. The Morgan fingerprint density at radius 2 is 1.76 bits per heavy atom. The van der Waals surface area contributed by atoms with Gasteiger partial charge in [0.05, 0.1) is 30.8 Å². The van der Waals surface area contributed by atoms with Crippen LogP contribution in [0.5, 0.6) is 0 Å². The van der Waals surface area contributed by atoms with Crippen molar-refractivity contribution in [2.24, 2.45) is 0 Å². The quantitative estimate of drug-likeness (QED) is 0.843. The second-order valence-electron chi connectivity index (χ2n) is 6.90. The molecule has 2 aliphatic rings. The maximum Gasteiger partial charge on any atom is 0.322 e. The molecule has 2 saturated heterocycles. The molecule has 29 heavy (non-hydrogen) atoms. The van der Waals surface area contributed by atoms with Crippen LogP contribution in [0, 0.1) is 11.6 Å². The van der Waals surface area contributed by atoms with Gasteiger partial charge in [0.15, 0.2) is 5.82 Å². The van der Waals surface area contributed by atoms with E-state index in [1.807, 2.05) is 6.07 Å². The largest absolute Gasteiger partial charge is 0.378 e. The normalized spacial score (nSPS) is 17.4. The Bertz CT molecular complexity index is 870. The second kappa shape index (κ2) is 8.56. The minimum Gasteiger partial charge on any atom is -0.378 e. The van der Waals surface area contributed by atoms with Gasteiger partial charge in [-0.15, -0.1) is 5.10 Å². The van der Waals surface area contributed by atoms with Crippen LogP contribution in [0.3, 0.4) is 0 Å². The van der Waals surface area contributed by atoms with Crippen LogP contribution in [0.4, 0.5) is 30.8 Å². The van der Waals surface area contributed by atoms with E-state index in [4.69, 9.17) is 4.74 Å². The van der Waals surface area contributed by atoms with Gasteiger partial charge < -0.3 is 24.8 Å². The average Bonchev–Trinajstić information content (AvgIpc) is 2.76. The summed E-state index contributed by atoms with van der Waals surface area (Å²) < 4.78 is 32.1. The molecule has 0 saturated carbocycles. The van der Waals surface area contributed by atoms with Crippen LogP contribution in [0.2, 0.25) is 0 Å². The third-order valence-corrected chi connectivity index (χ3v) is 5.07. The van der Waals surface area contributed by atoms with Crippen molar-refractivity contribution >= 4 is 23.2 Å². The Balaban J connectivity index is 1.35. The Kier molecular flexibility index (Phi) is 5.70. The molecule has 2 aliphatic heterocycles. The molecule has 0 spiro atoms. The van der Waals surface area contributed by atoms with E-state index in [2.05, 4.69) is 25.3 Å². The number of carbonyl (C=O) groups excluding carboxylic acids is 1. The number of amides is 2. The maximum absolute atomic E-state index is 13.7. The van der Waals surface area contributed by atoms with Crippen molar-refractivity contribution in [1.82, 2.24) is 15.1 Å². The predicted molar refractivity (Wildman–Crippen MR) is 104 cm³/mol. The number of urea groups is 1. The van der Waals surface area contributed by atoms with E-state index in [1.54, 1.807) is 11.1 Å². The first-order chi connectivity index (χ1) is 14.1. The van der Waals surface area contributed by atoms with Crippen molar-refractivity contribution in [2.45, 2.75) is 0 Å². The van der Waals surface area contributed by atoms with E-state index in [0.717, 1.165) is 36.7 Å². The number of nitrogens with zero attached hydrogens (tertiary/aromatic N) is 5. The molecule has 0 aliphatic carbocycles. The molecule has 0 radical (unpaired) electrons. The van der Waals surface area contributed by atoms with Gasteiger partial charge in [-0.2, -0.15) is 5.10 Å². The number of anilines is 3. The van der Waals surface area contributed by atoms with E-state index >= 15 is 0 Å². The Labute approximate surface area is 167 Å². The minimum atomic E-state index is -0.796. The van der Waals surface area contributed by atoms with Crippen LogP contribution < -0.4 is 15.1 Å². The van der Waals surface area contributed by atoms with E-state index in [0.29, 0.717) is 39.4 Å². The lowest BCUT2D eigenvalue weighted by Gasteiger charge is -2.36. The molecular weight excluding hydrogens is 382 g/mol. The molecule has 3 heterocycles. The molecule has 2 amide bonds. The fourth-order valence-corrected chi connectivity index (χ4v) is 3.42. The molecule has 1 aromatic heterocycles. The molecule has 0 atom stereocenters. The number of halogens is 2. The predicted octanol–water partition coefficient (Wildman–Crippen LogP) is 1.95. The fraction of sp³-hybridized carbons (Fsp3) is 0.421. The summed E-state index contributed by atoms with van der Waals surface area (Å²) in [5.41, 5.74) is 0.915. The average molecular weight is 404 g/mol. The number of nitrogens with one attached hydrogen (secondary N) is 1. The highest BCUT2D eigenvalue weighted by Crippen LogP contribution is 2.22. The number of hydrogen-bond acceptors (Lipinski definition) is 6. The number of piperazine rings is 1. The van der Waals surface area contributed by atoms with Gasteiger partial charge in [-0.1, -0.05) is 0 Å². The maximum atomic E-state index is 13.7. The first-order valence-electron chi connectivity index (χ1n) is 9.51. The first-order valence-corrected chi connectivity index (χ1v) is 9.51. The van der Waals surface area contributed by atoms with Crippen LogP contribution in [-0.4, -0.2) is 73.6 Å². The van der Waals surface area contributed by atoms with Gasteiger partial charge in [0.2, 0.25) is 0 Å². The Morgan fingerprint density at radius 1 is 1.00 bits per heavy atom. The monoisotopic (exact) mass is 404 g/mol. The van der Waals surface area contributed by atoms with Crippen molar-refractivity contribution in [2.75, 3.05) is 67.6 Å². The minimum absolute atomic E-state index is 0.0349. The lowest BCUT2D eigenvalue weighted by Crippen LogP contribution is -2.50. The Hall–Kier alpha value is -3.01. The van der Waals surface area contributed by atoms with Crippen molar-refractivity contribution < 1.29 is 18.3 Å².